The van der Waals surface area contributed by atoms with Crippen molar-refractivity contribution in [3.63, 3.8) is 0 Å². The lowest BCUT2D eigenvalue weighted by atomic mass is 9.97. The van der Waals surface area contributed by atoms with E-state index in [9.17, 15) is 19.5 Å². The van der Waals surface area contributed by atoms with Crippen molar-refractivity contribution in [2.24, 2.45) is 0 Å². The van der Waals surface area contributed by atoms with Crippen LogP contribution in [0.2, 0.25) is 0 Å². The van der Waals surface area contributed by atoms with E-state index >= 15 is 0 Å². The number of hydrogen-bond acceptors (Lipinski definition) is 4. The fourth-order valence-electron chi connectivity index (χ4n) is 2.80. The summed E-state index contributed by atoms with van der Waals surface area (Å²) >= 11 is 0.983. The molecular formula is C21H23NO4S. The van der Waals surface area contributed by atoms with E-state index in [4.69, 9.17) is 0 Å². The van der Waals surface area contributed by atoms with Gasteiger partial charge in [-0.25, -0.2) is 4.79 Å². The van der Waals surface area contributed by atoms with Gasteiger partial charge in [0.1, 0.15) is 0 Å². The number of carboxylic acid groups (broad SMARTS) is 1. The molecule has 0 aliphatic rings. The summed E-state index contributed by atoms with van der Waals surface area (Å²) in [6.45, 7) is 5.25. The molecule has 0 radical (unpaired) electrons. The summed E-state index contributed by atoms with van der Waals surface area (Å²) in [5.74, 6) is -1.56. The van der Waals surface area contributed by atoms with Crippen LogP contribution in [-0.2, 0) is 16.0 Å². The maximum atomic E-state index is 12.9. The number of aromatic carboxylic acids is 1. The Hall–Kier alpha value is -2.60. The number of benzene rings is 2. The molecule has 0 saturated heterocycles. The van der Waals surface area contributed by atoms with Gasteiger partial charge in [0.05, 0.1) is 10.8 Å². The average Bonchev–Trinajstić information content (AvgIpc) is 2.65. The summed E-state index contributed by atoms with van der Waals surface area (Å²) in [6, 6.07) is 14.3. The van der Waals surface area contributed by atoms with Crippen LogP contribution in [0.5, 0.6) is 0 Å². The molecule has 0 aliphatic carbocycles. The van der Waals surface area contributed by atoms with Crippen molar-refractivity contribution in [3.8, 4) is 0 Å². The van der Waals surface area contributed by atoms with Gasteiger partial charge in [0.15, 0.2) is 5.12 Å². The summed E-state index contributed by atoms with van der Waals surface area (Å²) in [6.07, 6.45) is 0.649. The maximum absolute atomic E-state index is 12.9. The molecule has 0 saturated carbocycles. The van der Waals surface area contributed by atoms with Gasteiger partial charge in [-0.15, -0.1) is 0 Å². The Morgan fingerprint density at radius 3 is 2.33 bits per heavy atom. The van der Waals surface area contributed by atoms with Gasteiger partial charge in [-0.3, -0.25) is 9.59 Å². The standard InChI is InChI=1S/C21H23NO4S/c1-4-15-10-17(21(25)26)12-18(11-15)22-20(24)19(27-14(3)23)13(2)16-8-6-5-7-9-16/h5-13,19H,4H2,1-3H3,(H,22,24)(H,25,26). The van der Waals surface area contributed by atoms with Crippen LogP contribution in [0, 0.1) is 0 Å². The number of aryl methyl sites for hydroxylation is 1. The average molecular weight is 385 g/mol. The molecule has 0 aliphatic heterocycles. The molecule has 2 aromatic carbocycles. The molecule has 6 heteroatoms. The molecule has 1 amide bonds. The number of rotatable bonds is 7. The van der Waals surface area contributed by atoms with Gasteiger partial charge in [0, 0.05) is 18.5 Å². The van der Waals surface area contributed by atoms with Crippen molar-refractivity contribution in [2.45, 2.75) is 38.4 Å². The number of hydrogen-bond donors (Lipinski definition) is 2. The molecular weight excluding hydrogens is 362 g/mol. The normalized spacial score (nSPS) is 12.9. The van der Waals surface area contributed by atoms with Crippen LogP contribution in [-0.4, -0.2) is 27.3 Å². The lowest BCUT2D eigenvalue weighted by Gasteiger charge is -2.22. The minimum atomic E-state index is -1.05. The number of amides is 1. The van der Waals surface area contributed by atoms with Gasteiger partial charge in [-0.05, 0) is 35.7 Å². The summed E-state index contributed by atoms with van der Waals surface area (Å²) in [5, 5.41) is 11.3. The Kier molecular flexibility index (Phi) is 7.19. The van der Waals surface area contributed by atoms with E-state index in [1.165, 1.54) is 13.0 Å². The Morgan fingerprint density at radius 2 is 1.78 bits per heavy atom. The third-order valence-electron chi connectivity index (χ3n) is 4.25. The van der Waals surface area contributed by atoms with Gasteiger partial charge in [0.25, 0.3) is 0 Å². The summed E-state index contributed by atoms with van der Waals surface area (Å²) in [4.78, 5) is 35.9. The molecule has 0 heterocycles. The van der Waals surface area contributed by atoms with E-state index in [1.54, 1.807) is 12.1 Å². The number of carboxylic acids is 1. The van der Waals surface area contributed by atoms with Crippen LogP contribution < -0.4 is 5.32 Å². The van der Waals surface area contributed by atoms with E-state index in [1.807, 2.05) is 44.2 Å². The van der Waals surface area contributed by atoms with Gasteiger partial charge in [-0.2, -0.15) is 0 Å². The van der Waals surface area contributed by atoms with E-state index in [0.717, 1.165) is 22.9 Å². The summed E-state index contributed by atoms with van der Waals surface area (Å²) < 4.78 is 0. The third kappa shape index (κ3) is 5.69. The zero-order chi connectivity index (χ0) is 20.0. The second-order valence-electron chi connectivity index (χ2n) is 6.30. The summed E-state index contributed by atoms with van der Waals surface area (Å²) in [5.41, 5.74) is 2.32. The predicted molar refractivity (Wildman–Crippen MR) is 108 cm³/mol. The topological polar surface area (TPSA) is 83.5 Å². The molecule has 2 atom stereocenters. The van der Waals surface area contributed by atoms with Crippen molar-refractivity contribution in [2.75, 3.05) is 5.32 Å². The first kappa shape index (κ1) is 20.7. The highest BCUT2D eigenvalue weighted by atomic mass is 32.2. The lowest BCUT2D eigenvalue weighted by Crippen LogP contribution is -2.30. The molecule has 2 unspecified atom stereocenters. The first-order valence-corrected chi connectivity index (χ1v) is 9.60. The second-order valence-corrected chi connectivity index (χ2v) is 7.61. The van der Waals surface area contributed by atoms with Crippen molar-refractivity contribution >= 4 is 34.4 Å². The zero-order valence-corrected chi connectivity index (χ0v) is 16.4. The highest BCUT2D eigenvalue weighted by Crippen LogP contribution is 2.30. The van der Waals surface area contributed by atoms with Gasteiger partial charge >= 0.3 is 5.97 Å². The fourth-order valence-corrected chi connectivity index (χ4v) is 3.68. The molecule has 0 bridgehead atoms. The van der Waals surface area contributed by atoms with Crippen molar-refractivity contribution in [1.82, 2.24) is 0 Å². The van der Waals surface area contributed by atoms with Gasteiger partial charge in [-0.1, -0.05) is 55.9 Å². The second kappa shape index (κ2) is 9.37. The van der Waals surface area contributed by atoms with Crippen LogP contribution in [0.4, 0.5) is 5.69 Å². The highest BCUT2D eigenvalue weighted by molar-refractivity contribution is 8.14. The van der Waals surface area contributed by atoms with Crippen LogP contribution >= 0.6 is 11.8 Å². The molecule has 0 spiro atoms. The Bertz CT molecular complexity index is 835. The number of nitrogens with one attached hydrogen (secondary N) is 1. The van der Waals surface area contributed by atoms with E-state index in [0.29, 0.717) is 12.1 Å². The SMILES string of the molecule is CCc1cc(NC(=O)C(SC(C)=O)C(C)c2ccccc2)cc(C(=O)O)c1. The molecule has 2 N–H and O–H groups in total. The van der Waals surface area contributed by atoms with Crippen molar-refractivity contribution in [3.05, 3.63) is 65.2 Å². The molecule has 2 aromatic rings. The Morgan fingerprint density at radius 1 is 1.11 bits per heavy atom. The predicted octanol–water partition coefficient (Wildman–Crippen LogP) is 4.34. The van der Waals surface area contributed by atoms with Crippen LogP contribution in [0.25, 0.3) is 0 Å². The summed E-state index contributed by atoms with van der Waals surface area (Å²) in [7, 11) is 0. The number of carbonyl (C=O) groups excluding carboxylic acids is 2. The number of anilines is 1. The van der Waals surface area contributed by atoms with Crippen molar-refractivity contribution < 1.29 is 19.5 Å². The quantitative estimate of drug-likeness (QED) is 0.741. The molecule has 27 heavy (non-hydrogen) atoms. The number of thioether (sulfide) groups is 1. The molecule has 5 nitrogen and oxygen atoms in total. The lowest BCUT2D eigenvalue weighted by molar-refractivity contribution is -0.116. The van der Waals surface area contributed by atoms with Crippen LogP contribution in [0.3, 0.4) is 0 Å². The van der Waals surface area contributed by atoms with Crippen molar-refractivity contribution in [1.29, 1.82) is 0 Å². The molecule has 0 aromatic heterocycles. The smallest absolute Gasteiger partial charge is 0.335 e. The third-order valence-corrected chi connectivity index (χ3v) is 5.45. The number of carbonyl (C=O) groups is 3. The minimum absolute atomic E-state index is 0.122. The molecule has 142 valence electrons. The largest absolute Gasteiger partial charge is 0.478 e. The zero-order valence-electron chi connectivity index (χ0n) is 15.6. The first-order chi connectivity index (χ1) is 12.8. The van der Waals surface area contributed by atoms with Crippen LogP contribution in [0.1, 0.15) is 48.2 Å². The van der Waals surface area contributed by atoms with E-state index in [2.05, 4.69) is 5.32 Å². The first-order valence-electron chi connectivity index (χ1n) is 8.72. The highest BCUT2D eigenvalue weighted by Gasteiger charge is 2.28. The molecule has 0 fully saturated rings. The Labute approximate surface area is 163 Å². The monoisotopic (exact) mass is 385 g/mol. The van der Waals surface area contributed by atoms with Gasteiger partial charge in [0.2, 0.25) is 5.91 Å². The van der Waals surface area contributed by atoms with Crippen LogP contribution in [0.15, 0.2) is 48.5 Å². The fraction of sp³-hybridized carbons (Fsp3) is 0.286. The minimum Gasteiger partial charge on any atom is -0.478 e. The maximum Gasteiger partial charge on any atom is 0.335 e. The molecule has 2 rings (SSSR count). The van der Waals surface area contributed by atoms with E-state index < -0.39 is 11.2 Å². The van der Waals surface area contributed by atoms with Gasteiger partial charge < -0.3 is 10.4 Å². The van der Waals surface area contributed by atoms with E-state index in [-0.39, 0.29) is 22.5 Å². The Balaban J connectivity index is 2.29.